The van der Waals surface area contributed by atoms with E-state index in [1.165, 1.54) is 0 Å². The number of carbonyl (C=O) groups excluding carboxylic acids is 1. The Bertz CT molecular complexity index is 380. The van der Waals surface area contributed by atoms with Crippen molar-refractivity contribution in [3.8, 4) is 0 Å². The van der Waals surface area contributed by atoms with Gasteiger partial charge in [0.05, 0.1) is 24.5 Å². The van der Waals surface area contributed by atoms with Crippen LogP contribution in [0.1, 0.15) is 26.2 Å². The normalized spacial score (nSPS) is 31.2. The van der Waals surface area contributed by atoms with Crippen LogP contribution in [0.4, 0.5) is 0 Å². The number of morpholine rings is 1. The van der Waals surface area contributed by atoms with Gasteiger partial charge in [-0.2, -0.15) is 0 Å². The third kappa shape index (κ3) is 3.15. The first-order valence-electron chi connectivity index (χ1n) is 6.91. The van der Waals surface area contributed by atoms with E-state index in [1.807, 2.05) is 19.1 Å². The monoisotopic (exact) mass is 267 g/mol. The molecule has 0 radical (unpaired) electrons. The van der Waals surface area contributed by atoms with Gasteiger partial charge in [-0.15, -0.1) is 0 Å². The van der Waals surface area contributed by atoms with Crippen molar-refractivity contribution in [2.45, 2.75) is 32.3 Å². The molecule has 5 heteroatoms. The van der Waals surface area contributed by atoms with Crippen molar-refractivity contribution in [3.05, 3.63) is 12.2 Å². The van der Waals surface area contributed by atoms with Crippen molar-refractivity contribution in [3.63, 3.8) is 0 Å². The van der Waals surface area contributed by atoms with E-state index in [1.54, 1.807) is 4.90 Å². The standard InChI is InChI=1S/C14H21NO4/c1-2-10-9-15(7-8-19-10)13(16)11-5-3-4-6-12(11)14(17)18/h3-4,10-12H,2,5-9H2,1H3,(H,17,18)/t10?,11-,12+/m1/s1. The maximum Gasteiger partial charge on any atom is 0.307 e. The molecule has 0 spiro atoms. The molecule has 19 heavy (non-hydrogen) atoms. The molecule has 2 aliphatic rings. The first-order chi connectivity index (χ1) is 9.13. The van der Waals surface area contributed by atoms with E-state index in [2.05, 4.69) is 0 Å². The van der Waals surface area contributed by atoms with Gasteiger partial charge in [0.25, 0.3) is 0 Å². The van der Waals surface area contributed by atoms with E-state index in [-0.39, 0.29) is 12.0 Å². The van der Waals surface area contributed by atoms with Gasteiger partial charge in [-0.3, -0.25) is 9.59 Å². The average molecular weight is 267 g/mol. The number of rotatable bonds is 3. The molecule has 0 aromatic carbocycles. The minimum absolute atomic E-state index is 0.0292. The molecule has 1 heterocycles. The lowest BCUT2D eigenvalue weighted by Crippen LogP contribution is -2.49. The summed E-state index contributed by atoms with van der Waals surface area (Å²) in [6, 6.07) is 0. The molecule has 0 saturated carbocycles. The fourth-order valence-electron chi connectivity index (χ4n) is 2.76. The highest BCUT2D eigenvalue weighted by atomic mass is 16.5. The second-order valence-corrected chi connectivity index (χ2v) is 5.18. The van der Waals surface area contributed by atoms with E-state index in [4.69, 9.17) is 4.74 Å². The van der Waals surface area contributed by atoms with Crippen LogP contribution in [0, 0.1) is 11.8 Å². The van der Waals surface area contributed by atoms with Crippen molar-refractivity contribution in [2.24, 2.45) is 11.8 Å². The van der Waals surface area contributed by atoms with Crippen molar-refractivity contribution in [1.29, 1.82) is 0 Å². The predicted octanol–water partition coefficient (Wildman–Crippen LogP) is 1.29. The van der Waals surface area contributed by atoms with Gasteiger partial charge in [0.15, 0.2) is 0 Å². The molecule has 1 N–H and O–H groups in total. The minimum atomic E-state index is -0.872. The molecule has 0 bridgehead atoms. The smallest absolute Gasteiger partial charge is 0.307 e. The van der Waals surface area contributed by atoms with Crippen LogP contribution in [-0.2, 0) is 14.3 Å². The zero-order chi connectivity index (χ0) is 13.8. The quantitative estimate of drug-likeness (QED) is 0.782. The summed E-state index contributed by atoms with van der Waals surface area (Å²) in [5.74, 6) is -1.90. The Balaban J connectivity index is 2.05. The fraction of sp³-hybridized carbons (Fsp3) is 0.714. The number of hydrogen-bond donors (Lipinski definition) is 1. The van der Waals surface area contributed by atoms with Gasteiger partial charge >= 0.3 is 5.97 Å². The van der Waals surface area contributed by atoms with Crippen molar-refractivity contribution in [1.82, 2.24) is 4.90 Å². The Morgan fingerprint density at radius 3 is 2.63 bits per heavy atom. The summed E-state index contributed by atoms with van der Waals surface area (Å²) in [6.07, 6.45) is 5.71. The summed E-state index contributed by atoms with van der Waals surface area (Å²) in [7, 11) is 0. The first-order valence-corrected chi connectivity index (χ1v) is 6.91. The fourth-order valence-corrected chi connectivity index (χ4v) is 2.76. The number of carbonyl (C=O) groups is 2. The molecule has 1 saturated heterocycles. The Morgan fingerprint density at radius 1 is 1.32 bits per heavy atom. The highest BCUT2D eigenvalue weighted by molar-refractivity contribution is 5.85. The third-order valence-electron chi connectivity index (χ3n) is 3.97. The van der Waals surface area contributed by atoms with Crippen LogP contribution in [0.15, 0.2) is 12.2 Å². The maximum atomic E-state index is 12.5. The van der Waals surface area contributed by atoms with Crippen LogP contribution >= 0.6 is 0 Å². The molecule has 1 aliphatic carbocycles. The van der Waals surface area contributed by atoms with Crippen LogP contribution in [0.25, 0.3) is 0 Å². The molecule has 0 aromatic heterocycles. The first kappa shape index (κ1) is 14.1. The second-order valence-electron chi connectivity index (χ2n) is 5.18. The number of nitrogens with zero attached hydrogens (tertiary/aromatic N) is 1. The average Bonchev–Trinajstić information content (AvgIpc) is 2.46. The Hall–Kier alpha value is -1.36. The Labute approximate surface area is 113 Å². The molecule has 0 aromatic rings. The molecule has 1 fully saturated rings. The van der Waals surface area contributed by atoms with Crippen LogP contribution < -0.4 is 0 Å². The van der Waals surface area contributed by atoms with Gasteiger partial charge in [-0.1, -0.05) is 19.1 Å². The molecule has 5 nitrogen and oxygen atoms in total. The van der Waals surface area contributed by atoms with Gasteiger partial charge < -0.3 is 14.7 Å². The van der Waals surface area contributed by atoms with Gasteiger partial charge in [0, 0.05) is 13.1 Å². The number of allylic oxidation sites excluding steroid dienone is 2. The lowest BCUT2D eigenvalue weighted by molar-refractivity contribution is -0.154. The van der Waals surface area contributed by atoms with E-state index < -0.39 is 17.8 Å². The van der Waals surface area contributed by atoms with Gasteiger partial charge in [0.1, 0.15) is 0 Å². The molecular weight excluding hydrogens is 246 g/mol. The number of hydrogen-bond acceptors (Lipinski definition) is 3. The van der Waals surface area contributed by atoms with Crippen LogP contribution in [-0.4, -0.2) is 47.7 Å². The Morgan fingerprint density at radius 2 is 2.00 bits per heavy atom. The minimum Gasteiger partial charge on any atom is -0.481 e. The summed E-state index contributed by atoms with van der Waals surface area (Å²) < 4.78 is 5.54. The molecule has 3 atom stereocenters. The topological polar surface area (TPSA) is 66.8 Å². The number of ether oxygens (including phenoxy) is 1. The van der Waals surface area contributed by atoms with Crippen molar-refractivity contribution < 1.29 is 19.4 Å². The summed E-state index contributed by atoms with van der Waals surface area (Å²) in [5, 5.41) is 9.22. The number of amides is 1. The van der Waals surface area contributed by atoms with Crippen LogP contribution in [0.5, 0.6) is 0 Å². The molecular formula is C14H21NO4. The highest BCUT2D eigenvalue weighted by Gasteiger charge is 2.37. The number of aliphatic carboxylic acids is 1. The van der Waals surface area contributed by atoms with Gasteiger partial charge in [-0.05, 0) is 19.3 Å². The zero-order valence-electron chi connectivity index (χ0n) is 11.2. The second kappa shape index (κ2) is 6.19. The van der Waals surface area contributed by atoms with E-state index in [0.29, 0.717) is 32.5 Å². The van der Waals surface area contributed by atoms with Crippen LogP contribution in [0.2, 0.25) is 0 Å². The third-order valence-corrected chi connectivity index (χ3v) is 3.97. The summed E-state index contributed by atoms with van der Waals surface area (Å²) in [6.45, 7) is 3.73. The highest BCUT2D eigenvalue weighted by Crippen LogP contribution is 2.28. The summed E-state index contributed by atoms with van der Waals surface area (Å²) in [4.78, 5) is 25.5. The lowest BCUT2D eigenvalue weighted by Gasteiger charge is -2.36. The van der Waals surface area contributed by atoms with Gasteiger partial charge in [-0.25, -0.2) is 0 Å². The van der Waals surface area contributed by atoms with Gasteiger partial charge in [0.2, 0.25) is 5.91 Å². The summed E-state index contributed by atoms with van der Waals surface area (Å²) >= 11 is 0. The van der Waals surface area contributed by atoms with E-state index in [0.717, 1.165) is 6.42 Å². The van der Waals surface area contributed by atoms with Crippen molar-refractivity contribution in [2.75, 3.05) is 19.7 Å². The number of carboxylic acid groups (broad SMARTS) is 1. The molecule has 2 rings (SSSR count). The predicted molar refractivity (Wildman–Crippen MR) is 69.6 cm³/mol. The molecule has 106 valence electrons. The number of carboxylic acids is 1. The Kier molecular flexibility index (Phi) is 4.58. The molecule has 1 amide bonds. The summed E-state index contributed by atoms with van der Waals surface area (Å²) in [5.41, 5.74) is 0. The van der Waals surface area contributed by atoms with E-state index in [9.17, 15) is 14.7 Å². The molecule has 1 aliphatic heterocycles. The zero-order valence-corrected chi connectivity index (χ0v) is 11.2. The molecule has 1 unspecified atom stereocenters. The van der Waals surface area contributed by atoms with Crippen molar-refractivity contribution >= 4 is 11.9 Å². The van der Waals surface area contributed by atoms with E-state index >= 15 is 0 Å². The SMILES string of the molecule is CCC1CN(C(=O)[C@@H]2CC=CC[C@@H]2C(=O)O)CCO1. The largest absolute Gasteiger partial charge is 0.481 e. The maximum absolute atomic E-state index is 12.5. The lowest BCUT2D eigenvalue weighted by atomic mass is 9.82. The van der Waals surface area contributed by atoms with Crippen LogP contribution in [0.3, 0.4) is 0 Å².